The van der Waals surface area contributed by atoms with Crippen LogP contribution in [0.4, 0.5) is 0 Å². The summed E-state index contributed by atoms with van der Waals surface area (Å²) in [5, 5.41) is 10.7. The Balaban J connectivity index is 2.21. The van der Waals surface area contributed by atoms with Crippen molar-refractivity contribution in [2.45, 2.75) is 58.0 Å². The van der Waals surface area contributed by atoms with Gasteiger partial charge in [0.25, 0.3) is 0 Å². The number of benzene rings is 1. The second-order valence-electron chi connectivity index (χ2n) is 4.65. The molecule has 0 radical (unpaired) electrons. The molecule has 0 fully saturated rings. The minimum atomic E-state index is -0.253. The lowest BCUT2D eigenvalue weighted by Crippen LogP contribution is -2.10. The molecule has 2 heteroatoms. The Labute approximate surface area is 110 Å². The summed E-state index contributed by atoms with van der Waals surface area (Å²) >= 11 is 6.06. The largest absolute Gasteiger partial charge is 0.393 e. The van der Waals surface area contributed by atoms with Gasteiger partial charge in [0, 0.05) is 5.02 Å². The Bertz CT molecular complexity index is 312. The van der Waals surface area contributed by atoms with Gasteiger partial charge in [-0.2, -0.15) is 0 Å². The molecule has 1 rings (SSSR count). The topological polar surface area (TPSA) is 20.2 Å². The number of rotatable bonds is 8. The second-order valence-corrected chi connectivity index (χ2v) is 5.06. The van der Waals surface area contributed by atoms with E-state index in [4.69, 9.17) is 11.6 Å². The van der Waals surface area contributed by atoms with Gasteiger partial charge in [0.1, 0.15) is 0 Å². The molecule has 0 aliphatic carbocycles. The first kappa shape index (κ1) is 14.5. The molecule has 17 heavy (non-hydrogen) atoms. The fourth-order valence-electron chi connectivity index (χ4n) is 2.00. The Kier molecular flexibility index (Phi) is 7.30. The van der Waals surface area contributed by atoms with Gasteiger partial charge in [-0.1, -0.05) is 68.8 Å². The van der Waals surface area contributed by atoms with Crippen LogP contribution in [0.2, 0.25) is 5.02 Å². The van der Waals surface area contributed by atoms with E-state index in [1.54, 1.807) is 0 Å². The van der Waals surface area contributed by atoms with Gasteiger partial charge in [-0.15, -0.1) is 0 Å². The molecule has 0 heterocycles. The van der Waals surface area contributed by atoms with Crippen LogP contribution in [0, 0.1) is 0 Å². The molecule has 0 saturated carbocycles. The van der Waals surface area contributed by atoms with Crippen LogP contribution in [0.25, 0.3) is 0 Å². The molecule has 0 aliphatic rings. The molecule has 0 saturated heterocycles. The summed E-state index contributed by atoms with van der Waals surface area (Å²) in [5.74, 6) is 0. The minimum absolute atomic E-state index is 0.253. The zero-order valence-electron chi connectivity index (χ0n) is 10.7. The van der Waals surface area contributed by atoms with Crippen molar-refractivity contribution in [1.29, 1.82) is 0 Å². The van der Waals surface area contributed by atoms with Gasteiger partial charge in [0.15, 0.2) is 0 Å². The van der Waals surface area contributed by atoms with Crippen LogP contribution in [0.3, 0.4) is 0 Å². The average molecular weight is 255 g/mol. The number of hydrogen-bond donors (Lipinski definition) is 1. The maximum atomic E-state index is 9.92. The van der Waals surface area contributed by atoms with Crippen molar-refractivity contribution in [3.05, 3.63) is 34.9 Å². The van der Waals surface area contributed by atoms with Crippen LogP contribution in [-0.2, 0) is 6.42 Å². The fourth-order valence-corrected chi connectivity index (χ4v) is 2.22. The minimum Gasteiger partial charge on any atom is -0.393 e. The highest BCUT2D eigenvalue weighted by Crippen LogP contribution is 2.18. The third-order valence-electron chi connectivity index (χ3n) is 3.05. The van der Waals surface area contributed by atoms with Crippen LogP contribution in [-0.4, -0.2) is 11.2 Å². The Morgan fingerprint density at radius 1 is 1.12 bits per heavy atom. The van der Waals surface area contributed by atoms with Crippen LogP contribution in [0.15, 0.2) is 24.3 Å². The predicted octanol–water partition coefficient (Wildman–Crippen LogP) is 4.60. The van der Waals surface area contributed by atoms with Gasteiger partial charge in [0.05, 0.1) is 6.10 Å². The molecule has 1 aromatic rings. The van der Waals surface area contributed by atoms with Gasteiger partial charge in [-0.05, 0) is 24.5 Å². The Hall–Kier alpha value is -0.530. The second kappa shape index (κ2) is 8.54. The summed E-state index contributed by atoms with van der Waals surface area (Å²) in [5.41, 5.74) is 1.05. The first-order chi connectivity index (χ1) is 8.24. The third kappa shape index (κ3) is 6.09. The molecule has 1 N–H and O–H groups in total. The molecule has 0 aliphatic heterocycles. The number of aliphatic hydroxyl groups excluding tert-OH is 1. The van der Waals surface area contributed by atoms with Crippen molar-refractivity contribution in [3.63, 3.8) is 0 Å². The van der Waals surface area contributed by atoms with Crippen molar-refractivity contribution >= 4 is 11.6 Å². The van der Waals surface area contributed by atoms with E-state index in [2.05, 4.69) is 6.92 Å². The lowest BCUT2D eigenvalue weighted by molar-refractivity contribution is 0.161. The summed E-state index contributed by atoms with van der Waals surface area (Å²) in [6.07, 6.45) is 7.51. The lowest BCUT2D eigenvalue weighted by Gasteiger charge is -2.11. The zero-order valence-corrected chi connectivity index (χ0v) is 11.4. The summed E-state index contributed by atoms with van der Waals surface area (Å²) < 4.78 is 0. The third-order valence-corrected chi connectivity index (χ3v) is 3.42. The van der Waals surface area contributed by atoms with Gasteiger partial charge in [0.2, 0.25) is 0 Å². The molecule has 96 valence electrons. The molecule has 1 nitrogen and oxygen atoms in total. The van der Waals surface area contributed by atoms with Gasteiger partial charge < -0.3 is 5.11 Å². The summed E-state index contributed by atoms with van der Waals surface area (Å²) in [6.45, 7) is 2.21. The number of hydrogen-bond acceptors (Lipinski definition) is 1. The van der Waals surface area contributed by atoms with Crippen molar-refractivity contribution in [2.24, 2.45) is 0 Å². The van der Waals surface area contributed by atoms with Gasteiger partial charge >= 0.3 is 0 Å². The van der Waals surface area contributed by atoms with E-state index in [1.165, 1.54) is 25.7 Å². The van der Waals surface area contributed by atoms with E-state index >= 15 is 0 Å². The Morgan fingerprint density at radius 2 is 1.82 bits per heavy atom. The first-order valence-corrected chi connectivity index (χ1v) is 7.03. The highest BCUT2D eigenvalue weighted by Gasteiger charge is 2.07. The van der Waals surface area contributed by atoms with Crippen LogP contribution >= 0.6 is 11.6 Å². The van der Waals surface area contributed by atoms with Gasteiger partial charge in [-0.25, -0.2) is 0 Å². The molecule has 0 bridgehead atoms. The smallest absolute Gasteiger partial charge is 0.0581 e. The van der Waals surface area contributed by atoms with E-state index in [9.17, 15) is 5.11 Å². The van der Waals surface area contributed by atoms with Crippen LogP contribution < -0.4 is 0 Å². The molecular formula is C15H23ClO. The van der Waals surface area contributed by atoms with E-state index in [0.29, 0.717) is 6.42 Å². The van der Waals surface area contributed by atoms with E-state index in [-0.39, 0.29) is 6.10 Å². The average Bonchev–Trinajstić information content (AvgIpc) is 2.32. The van der Waals surface area contributed by atoms with Crippen molar-refractivity contribution in [2.75, 3.05) is 0 Å². The quantitative estimate of drug-likeness (QED) is 0.672. The SMILES string of the molecule is CCCCCCCC(O)Cc1ccccc1Cl. The number of halogens is 1. The summed E-state index contributed by atoms with van der Waals surface area (Å²) in [4.78, 5) is 0. The van der Waals surface area contributed by atoms with E-state index in [0.717, 1.165) is 23.4 Å². The lowest BCUT2D eigenvalue weighted by atomic mass is 10.0. The molecule has 0 aromatic heterocycles. The van der Waals surface area contributed by atoms with Crippen LogP contribution in [0.1, 0.15) is 51.0 Å². The van der Waals surface area contributed by atoms with Crippen molar-refractivity contribution in [1.82, 2.24) is 0 Å². The highest BCUT2D eigenvalue weighted by atomic mass is 35.5. The molecular weight excluding hydrogens is 232 g/mol. The van der Waals surface area contributed by atoms with Gasteiger partial charge in [-0.3, -0.25) is 0 Å². The summed E-state index contributed by atoms with van der Waals surface area (Å²) in [7, 11) is 0. The maximum Gasteiger partial charge on any atom is 0.0581 e. The van der Waals surface area contributed by atoms with Crippen molar-refractivity contribution in [3.8, 4) is 0 Å². The Morgan fingerprint density at radius 3 is 2.53 bits per heavy atom. The molecule has 0 spiro atoms. The zero-order chi connectivity index (χ0) is 12.5. The molecule has 1 aromatic carbocycles. The van der Waals surface area contributed by atoms with Crippen LogP contribution in [0.5, 0.6) is 0 Å². The first-order valence-electron chi connectivity index (χ1n) is 6.65. The van der Waals surface area contributed by atoms with E-state index < -0.39 is 0 Å². The standard InChI is InChI=1S/C15H23ClO/c1-2-3-4-5-6-10-14(17)12-13-9-7-8-11-15(13)16/h7-9,11,14,17H,2-6,10,12H2,1H3. The predicted molar refractivity (Wildman–Crippen MR) is 74.5 cm³/mol. The van der Waals surface area contributed by atoms with E-state index in [1.807, 2.05) is 24.3 Å². The highest BCUT2D eigenvalue weighted by molar-refractivity contribution is 6.31. The summed E-state index contributed by atoms with van der Waals surface area (Å²) in [6, 6.07) is 7.76. The molecule has 1 atom stereocenters. The monoisotopic (exact) mass is 254 g/mol. The number of aliphatic hydroxyl groups is 1. The molecule has 1 unspecified atom stereocenters. The normalized spacial score (nSPS) is 12.6. The molecule has 0 amide bonds. The number of unbranched alkanes of at least 4 members (excludes halogenated alkanes) is 4. The fraction of sp³-hybridized carbons (Fsp3) is 0.600. The van der Waals surface area contributed by atoms with Crippen molar-refractivity contribution < 1.29 is 5.11 Å². The maximum absolute atomic E-state index is 9.92.